The van der Waals surface area contributed by atoms with E-state index in [2.05, 4.69) is 15.0 Å². The minimum absolute atomic E-state index is 0.206. The number of hydrogen-bond acceptors (Lipinski definition) is 6. The second-order valence-corrected chi connectivity index (χ2v) is 7.78. The summed E-state index contributed by atoms with van der Waals surface area (Å²) in [6.07, 6.45) is 0. The van der Waals surface area contributed by atoms with Gasteiger partial charge in [0.05, 0.1) is 17.7 Å². The molecular formula is C20H20N4O3S. The van der Waals surface area contributed by atoms with Crippen LogP contribution in [-0.4, -0.2) is 15.5 Å². The number of nitrogen functional groups attached to an aromatic ring is 1. The van der Waals surface area contributed by atoms with Crippen molar-refractivity contribution in [2.45, 2.75) is 11.8 Å². The SMILES string of the molecule is COc1cc(N)ccc1N=Nc1ccc(NS(=O)(=O)c2ccc(C)cc2)cc1. The Labute approximate surface area is 163 Å². The number of anilines is 2. The van der Waals surface area contributed by atoms with Crippen molar-refractivity contribution in [3.63, 3.8) is 0 Å². The quantitative estimate of drug-likeness (QED) is 0.461. The Morgan fingerprint density at radius 2 is 1.61 bits per heavy atom. The Balaban J connectivity index is 1.74. The molecular weight excluding hydrogens is 376 g/mol. The van der Waals surface area contributed by atoms with Crippen LogP contribution in [0, 0.1) is 6.92 Å². The van der Waals surface area contributed by atoms with E-state index in [1.54, 1.807) is 66.7 Å². The number of aryl methyl sites for hydroxylation is 1. The lowest BCUT2D eigenvalue weighted by atomic mass is 10.2. The molecule has 3 N–H and O–H groups in total. The van der Waals surface area contributed by atoms with Crippen LogP contribution in [0.15, 0.2) is 81.9 Å². The molecule has 7 nitrogen and oxygen atoms in total. The molecule has 3 rings (SSSR count). The third-order valence-electron chi connectivity index (χ3n) is 3.93. The summed E-state index contributed by atoms with van der Waals surface area (Å²) in [6.45, 7) is 1.90. The van der Waals surface area contributed by atoms with Gasteiger partial charge in [-0.1, -0.05) is 17.7 Å². The van der Waals surface area contributed by atoms with Crippen molar-refractivity contribution in [2.75, 3.05) is 17.6 Å². The first-order valence-corrected chi connectivity index (χ1v) is 9.90. The van der Waals surface area contributed by atoms with Gasteiger partial charge in [-0.15, -0.1) is 5.11 Å². The van der Waals surface area contributed by atoms with E-state index in [4.69, 9.17) is 10.5 Å². The minimum Gasteiger partial charge on any atom is -0.494 e. The van der Waals surface area contributed by atoms with Crippen molar-refractivity contribution in [3.8, 4) is 5.75 Å². The van der Waals surface area contributed by atoms with Crippen LogP contribution in [0.5, 0.6) is 5.75 Å². The largest absolute Gasteiger partial charge is 0.494 e. The summed E-state index contributed by atoms with van der Waals surface area (Å²) in [7, 11) is -2.11. The molecule has 0 saturated carbocycles. The Morgan fingerprint density at radius 3 is 2.25 bits per heavy atom. The fourth-order valence-electron chi connectivity index (χ4n) is 2.42. The topological polar surface area (TPSA) is 106 Å². The Bertz CT molecular complexity index is 1090. The maximum absolute atomic E-state index is 12.4. The van der Waals surface area contributed by atoms with Gasteiger partial charge < -0.3 is 10.5 Å². The van der Waals surface area contributed by atoms with Crippen molar-refractivity contribution in [2.24, 2.45) is 10.2 Å². The van der Waals surface area contributed by atoms with Gasteiger partial charge in [0.15, 0.2) is 0 Å². The fraction of sp³-hybridized carbons (Fsp3) is 0.100. The van der Waals surface area contributed by atoms with Gasteiger partial charge in [0.2, 0.25) is 0 Å². The zero-order chi connectivity index (χ0) is 20.1. The van der Waals surface area contributed by atoms with Gasteiger partial charge in [-0.25, -0.2) is 8.42 Å². The normalized spacial score (nSPS) is 11.5. The lowest BCUT2D eigenvalue weighted by Crippen LogP contribution is -2.12. The highest BCUT2D eigenvalue weighted by molar-refractivity contribution is 7.92. The number of rotatable bonds is 6. The molecule has 0 atom stereocenters. The van der Waals surface area contributed by atoms with Crippen LogP contribution in [0.25, 0.3) is 0 Å². The number of hydrogen-bond donors (Lipinski definition) is 2. The summed E-state index contributed by atoms with van der Waals surface area (Å²) >= 11 is 0. The molecule has 0 unspecified atom stereocenters. The maximum atomic E-state index is 12.4. The Kier molecular flexibility index (Phi) is 5.60. The Morgan fingerprint density at radius 1 is 0.929 bits per heavy atom. The molecule has 0 radical (unpaired) electrons. The van der Waals surface area contributed by atoms with Gasteiger partial charge in [0, 0.05) is 17.4 Å². The number of nitrogens with two attached hydrogens (primary N) is 1. The van der Waals surface area contributed by atoms with E-state index in [0.29, 0.717) is 28.5 Å². The first-order valence-electron chi connectivity index (χ1n) is 8.42. The third kappa shape index (κ3) is 4.66. The summed E-state index contributed by atoms with van der Waals surface area (Å²) in [5.74, 6) is 0.520. The number of benzene rings is 3. The highest BCUT2D eigenvalue weighted by Crippen LogP contribution is 2.31. The summed E-state index contributed by atoms with van der Waals surface area (Å²) in [5, 5.41) is 8.30. The molecule has 8 heteroatoms. The van der Waals surface area contributed by atoms with E-state index >= 15 is 0 Å². The molecule has 0 amide bonds. The average molecular weight is 396 g/mol. The van der Waals surface area contributed by atoms with Gasteiger partial charge >= 0.3 is 0 Å². The molecule has 3 aromatic carbocycles. The van der Waals surface area contributed by atoms with Gasteiger partial charge in [-0.3, -0.25) is 4.72 Å². The standard InChI is InChI=1S/C20H20N4O3S/c1-14-3-10-18(11-4-14)28(25,26)24-17-8-6-16(7-9-17)22-23-19-12-5-15(21)13-20(19)27-2/h3-13,24H,21H2,1-2H3. The second kappa shape index (κ2) is 8.10. The molecule has 0 heterocycles. The molecule has 28 heavy (non-hydrogen) atoms. The first kappa shape index (κ1) is 19.4. The van der Waals surface area contributed by atoms with Crippen LogP contribution < -0.4 is 15.2 Å². The lowest BCUT2D eigenvalue weighted by Gasteiger charge is -2.08. The van der Waals surface area contributed by atoms with Crippen LogP contribution in [0.1, 0.15) is 5.56 Å². The lowest BCUT2D eigenvalue weighted by molar-refractivity contribution is 0.416. The summed E-state index contributed by atoms with van der Waals surface area (Å²) in [4.78, 5) is 0.206. The number of nitrogens with zero attached hydrogens (tertiary/aromatic N) is 2. The smallest absolute Gasteiger partial charge is 0.261 e. The molecule has 0 aliphatic carbocycles. The summed E-state index contributed by atoms with van der Waals surface area (Å²) in [5.41, 5.74) is 8.82. The van der Waals surface area contributed by atoms with Crippen molar-refractivity contribution in [3.05, 3.63) is 72.3 Å². The van der Waals surface area contributed by atoms with Gasteiger partial charge in [0.25, 0.3) is 10.0 Å². The van der Waals surface area contributed by atoms with Crippen molar-refractivity contribution in [1.82, 2.24) is 0 Å². The number of azo groups is 1. The molecule has 0 saturated heterocycles. The first-order chi connectivity index (χ1) is 13.4. The third-order valence-corrected chi connectivity index (χ3v) is 5.32. The number of ether oxygens (including phenoxy) is 1. The predicted octanol–water partition coefficient (Wildman–Crippen LogP) is 4.80. The zero-order valence-electron chi connectivity index (χ0n) is 15.5. The van der Waals surface area contributed by atoms with Gasteiger partial charge in [0.1, 0.15) is 11.4 Å². The van der Waals surface area contributed by atoms with Crippen molar-refractivity contribution < 1.29 is 13.2 Å². The van der Waals surface area contributed by atoms with Crippen LogP contribution in [0.2, 0.25) is 0 Å². The van der Waals surface area contributed by atoms with Crippen LogP contribution in [0.4, 0.5) is 22.7 Å². The summed E-state index contributed by atoms with van der Waals surface area (Å²) < 4.78 is 32.6. The monoisotopic (exact) mass is 396 g/mol. The number of methoxy groups -OCH3 is 1. The van der Waals surface area contributed by atoms with Gasteiger partial charge in [-0.2, -0.15) is 5.11 Å². The number of sulfonamides is 1. The van der Waals surface area contributed by atoms with Crippen LogP contribution >= 0.6 is 0 Å². The molecule has 0 fully saturated rings. The van der Waals surface area contributed by atoms with Crippen LogP contribution in [-0.2, 0) is 10.0 Å². The van der Waals surface area contributed by atoms with E-state index < -0.39 is 10.0 Å². The highest BCUT2D eigenvalue weighted by atomic mass is 32.2. The molecule has 0 aromatic heterocycles. The predicted molar refractivity (Wildman–Crippen MR) is 110 cm³/mol. The average Bonchev–Trinajstić information content (AvgIpc) is 2.68. The Hall–Kier alpha value is -3.39. The molecule has 0 spiro atoms. The number of nitrogens with one attached hydrogen (secondary N) is 1. The van der Waals surface area contributed by atoms with E-state index in [1.807, 2.05) is 6.92 Å². The van der Waals surface area contributed by atoms with E-state index in [-0.39, 0.29) is 4.90 Å². The molecule has 0 aliphatic rings. The second-order valence-electron chi connectivity index (χ2n) is 6.10. The molecule has 144 valence electrons. The molecule has 3 aromatic rings. The molecule has 0 bridgehead atoms. The maximum Gasteiger partial charge on any atom is 0.261 e. The fourth-order valence-corrected chi connectivity index (χ4v) is 3.47. The highest BCUT2D eigenvalue weighted by Gasteiger charge is 2.13. The van der Waals surface area contributed by atoms with Crippen molar-refractivity contribution in [1.29, 1.82) is 0 Å². The van der Waals surface area contributed by atoms with E-state index in [1.165, 1.54) is 7.11 Å². The minimum atomic E-state index is -3.64. The van der Waals surface area contributed by atoms with Crippen molar-refractivity contribution >= 4 is 32.8 Å². The molecule has 0 aliphatic heterocycles. The zero-order valence-corrected chi connectivity index (χ0v) is 16.3. The van der Waals surface area contributed by atoms with Gasteiger partial charge in [-0.05, 0) is 55.5 Å². The summed E-state index contributed by atoms with van der Waals surface area (Å²) in [6, 6.07) is 18.3. The van der Waals surface area contributed by atoms with E-state index in [9.17, 15) is 8.42 Å². The van der Waals surface area contributed by atoms with Crippen LogP contribution in [0.3, 0.4) is 0 Å². The van der Waals surface area contributed by atoms with E-state index in [0.717, 1.165) is 5.56 Å².